The fraction of sp³-hybridized carbons (Fsp3) is 0.379. The maximum atomic E-state index is 12.9. The van der Waals surface area contributed by atoms with E-state index >= 15 is 0 Å². The highest BCUT2D eigenvalue weighted by atomic mass is 79.9. The molecule has 220 valence electrons. The van der Waals surface area contributed by atoms with E-state index in [0.717, 1.165) is 11.1 Å². The molecule has 0 aliphatic carbocycles. The minimum atomic E-state index is -3.37. The lowest BCUT2D eigenvalue weighted by Crippen LogP contribution is -2.40. The fourth-order valence-corrected chi connectivity index (χ4v) is 7.97. The molecule has 0 amide bonds. The number of benzene rings is 2. The van der Waals surface area contributed by atoms with Crippen molar-refractivity contribution in [3.63, 3.8) is 0 Å². The molecule has 0 saturated carbocycles. The lowest BCUT2D eigenvalue weighted by Gasteiger charge is -2.31. The van der Waals surface area contributed by atoms with E-state index in [1.54, 1.807) is 11.2 Å². The molecule has 1 fully saturated rings. The van der Waals surface area contributed by atoms with Gasteiger partial charge >= 0.3 is 11.9 Å². The van der Waals surface area contributed by atoms with Gasteiger partial charge in [0.2, 0.25) is 10.0 Å². The summed E-state index contributed by atoms with van der Waals surface area (Å²) >= 11 is 4.70. The Kier molecular flexibility index (Phi) is 10.8. The molecule has 0 atom stereocenters. The van der Waals surface area contributed by atoms with Crippen LogP contribution in [0.15, 0.2) is 59.1 Å². The summed E-state index contributed by atoms with van der Waals surface area (Å²) < 4.78 is 49.4. The van der Waals surface area contributed by atoms with Crippen molar-refractivity contribution >= 4 is 49.2 Å². The number of methoxy groups -OCH3 is 1. The van der Waals surface area contributed by atoms with Crippen LogP contribution in [0.25, 0.3) is 10.4 Å². The van der Waals surface area contributed by atoms with E-state index in [2.05, 4.69) is 15.9 Å². The van der Waals surface area contributed by atoms with Crippen LogP contribution in [0.2, 0.25) is 0 Å². The zero-order valence-corrected chi connectivity index (χ0v) is 26.1. The van der Waals surface area contributed by atoms with Crippen molar-refractivity contribution in [3.8, 4) is 21.9 Å². The second kappa shape index (κ2) is 14.3. The molecule has 0 N–H and O–H groups in total. The summed E-state index contributed by atoms with van der Waals surface area (Å²) in [6, 6.07) is 16.7. The zero-order valence-electron chi connectivity index (χ0n) is 22.8. The number of rotatable bonds is 12. The lowest BCUT2D eigenvalue weighted by molar-refractivity contribution is -0.145. The Morgan fingerprint density at radius 1 is 1.05 bits per heavy atom. The van der Waals surface area contributed by atoms with Crippen LogP contribution in [0.4, 0.5) is 0 Å². The van der Waals surface area contributed by atoms with Crippen molar-refractivity contribution in [2.45, 2.75) is 25.5 Å². The number of thiophene rings is 1. The number of ether oxygens (including phenoxy) is 4. The van der Waals surface area contributed by atoms with Gasteiger partial charge in [-0.05, 0) is 64.9 Å². The lowest BCUT2D eigenvalue weighted by atomic mass is 9.99. The predicted octanol–water partition coefficient (Wildman–Crippen LogP) is 5.53. The summed E-state index contributed by atoms with van der Waals surface area (Å²) in [7, 11) is -2.09. The van der Waals surface area contributed by atoms with Gasteiger partial charge in [-0.25, -0.2) is 22.3 Å². The molecule has 0 bridgehead atoms. The Morgan fingerprint density at radius 2 is 1.78 bits per heavy atom. The Balaban J connectivity index is 1.38. The smallest absolute Gasteiger partial charge is 0.351 e. The number of carbonyl (C=O) groups is 2. The van der Waals surface area contributed by atoms with E-state index in [4.69, 9.17) is 18.9 Å². The van der Waals surface area contributed by atoms with E-state index in [0.29, 0.717) is 47.6 Å². The SMILES string of the molecule is CCOC(=O)COc1c(C(=O)OC)sc(-c2cccc(OCC3CCN(S(=O)(=O)Cc4ccccc4)CC3)c2)c1Br. The highest BCUT2D eigenvalue weighted by Crippen LogP contribution is 2.46. The third-order valence-corrected chi connectivity index (χ3v) is 10.6. The Labute approximate surface area is 252 Å². The maximum absolute atomic E-state index is 12.9. The van der Waals surface area contributed by atoms with Gasteiger partial charge in [0, 0.05) is 13.1 Å². The molecule has 0 unspecified atom stereocenters. The van der Waals surface area contributed by atoms with Gasteiger partial charge in [0.25, 0.3) is 0 Å². The van der Waals surface area contributed by atoms with E-state index in [1.165, 1.54) is 18.4 Å². The highest BCUT2D eigenvalue weighted by molar-refractivity contribution is 9.10. The van der Waals surface area contributed by atoms with Crippen molar-refractivity contribution in [1.29, 1.82) is 0 Å². The third kappa shape index (κ3) is 8.09. The van der Waals surface area contributed by atoms with Crippen LogP contribution in [0, 0.1) is 5.92 Å². The monoisotopic (exact) mass is 665 g/mol. The number of halogens is 1. The van der Waals surface area contributed by atoms with Gasteiger partial charge < -0.3 is 18.9 Å². The minimum absolute atomic E-state index is 0.00729. The number of nitrogens with zero attached hydrogens (tertiary/aromatic N) is 1. The van der Waals surface area contributed by atoms with Gasteiger partial charge in [0.05, 0.1) is 35.4 Å². The number of hydrogen-bond donors (Lipinski definition) is 0. The summed E-state index contributed by atoms with van der Waals surface area (Å²) in [5, 5.41) is 0. The van der Waals surface area contributed by atoms with Crippen LogP contribution in [-0.4, -0.2) is 64.7 Å². The Bertz CT molecular complexity index is 1450. The van der Waals surface area contributed by atoms with E-state index < -0.39 is 22.0 Å². The largest absolute Gasteiger partial charge is 0.493 e. The number of sulfonamides is 1. The Hall–Kier alpha value is -2.93. The molecule has 1 aromatic heterocycles. The van der Waals surface area contributed by atoms with Gasteiger partial charge in [-0.3, -0.25) is 0 Å². The topological polar surface area (TPSA) is 108 Å². The average molecular weight is 667 g/mol. The summed E-state index contributed by atoms with van der Waals surface area (Å²) in [6.45, 7) is 2.98. The van der Waals surface area contributed by atoms with Gasteiger partial charge in [-0.15, -0.1) is 11.3 Å². The number of esters is 2. The molecule has 41 heavy (non-hydrogen) atoms. The summed E-state index contributed by atoms with van der Waals surface area (Å²) in [4.78, 5) is 25.2. The molecule has 3 aromatic rings. The first-order chi connectivity index (χ1) is 19.7. The first-order valence-corrected chi connectivity index (χ1v) is 16.4. The van der Waals surface area contributed by atoms with Gasteiger partial charge in [-0.2, -0.15) is 0 Å². The molecule has 1 saturated heterocycles. The van der Waals surface area contributed by atoms with Crippen molar-refractivity contribution in [1.82, 2.24) is 4.31 Å². The third-order valence-electron chi connectivity index (χ3n) is 6.56. The quantitative estimate of drug-likeness (QED) is 0.233. The molecule has 0 radical (unpaired) electrons. The summed E-state index contributed by atoms with van der Waals surface area (Å²) in [6.07, 6.45) is 1.43. The summed E-state index contributed by atoms with van der Waals surface area (Å²) in [5.74, 6) is -0.0268. The molecule has 9 nitrogen and oxygen atoms in total. The molecule has 12 heteroatoms. The second-order valence-electron chi connectivity index (χ2n) is 9.41. The van der Waals surface area contributed by atoms with Crippen LogP contribution in [0.3, 0.4) is 0 Å². The molecule has 0 spiro atoms. The molecule has 1 aliphatic rings. The van der Waals surface area contributed by atoms with Crippen molar-refractivity contribution in [2.24, 2.45) is 5.92 Å². The van der Waals surface area contributed by atoms with Crippen LogP contribution < -0.4 is 9.47 Å². The molecule has 2 aromatic carbocycles. The molecular weight excluding hydrogens is 634 g/mol. The molecule has 4 rings (SSSR count). The molecule has 2 heterocycles. The first kappa shape index (κ1) is 31.0. The molecular formula is C29H32BrNO8S2. The molecule has 1 aliphatic heterocycles. The van der Waals surface area contributed by atoms with E-state index in [1.807, 2.05) is 54.6 Å². The average Bonchev–Trinajstić information content (AvgIpc) is 3.31. The van der Waals surface area contributed by atoms with E-state index in [-0.39, 0.29) is 35.5 Å². The predicted molar refractivity (Wildman–Crippen MR) is 160 cm³/mol. The van der Waals surface area contributed by atoms with E-state index in [9.17, 15) is 18.0 Å². The van der Waals surface area contributed by atoms with Crippen molar-refractivity contribution in [3.05, 3.63) is 69.5 Å². The van der Waals surface area contributed by atoms with Crippen LogP contribution >= 0.6 is 27.3 Å². The second-order valence-corrected chi connectivity index (χ2v) is 13.2. The first-order valence-electron chi connectivity index (χ1n) is 13.2. The van der Waals surface area contributed by atoms with Crippen LogP contribution in [0.1, 0.15) is 35.0 Å². The Morgan fingerprint density at radius 3 is 2.46 bits per heavy atom. The highest BCUT2D eigenvalue weighted by Gasteiger charge is 2.29. The van der Waals surface area contributed by atoms with Crippen LogP contribution in [0.5, 0.6) is 11.5 Å². The number of carbonyl (C=O) groups excluding carboxylic acids is 2. The zero-order chi connectivity index (χ0) is 29.4. The number of hydrogen-bond acceptors (Lipinski definition) is 9. The summed E-state index contributed by atoms with van der Waals surface area (Å²) in [5.41, 5.74) is 1.57. The van der Waals surface area contributed by atoms with Gasteiger partial charge in [0.15, 0.2) is 17.2 Å². The van der Waals surface area contributed by atoms with Crippen molar-refractivity contribution < 1.29 is 37.0 Å². The van der Waals surface area contributed by atoms with Crippen LogP contribution in [-0.2, 0) is 30.0 Å². The number of piperidine rings is 1. The standard InChI is InChI=1S/C29H32BrNO8S2/c1-3-37-24(32)18-39-26-25(30)27(40-28(26)29(33)36-2)22-10-7-11-23(16-22)38-17-20-12-14-31(15-13-20)41(34,35)19-21-8-5-4-6-9-21/h4-11,16,20H,3,12-15,17-19H2,1-2H3. The van der Waals surface area contributed by atoms with Crippen molar-refractivity contribution in [2.75, 3.05) is 40.0 Å². The van der Waals surface area contributed by atoms with Gasteiger partial charge in [0.1, 0.15) is 5.75 Å². The normalized spacial score (nSPS) is 14.4. The minimum Gasteiger partial charge on any atom is -0.493 e. The maximum Gasteiger partial charge on any atom is 0.351 e. The van der Waals surface area contributed by atoms with Gasteiger partial charge in [-0.1, -0.05) is 42.5 Å². The fourth-order valence-electron chi connectivity index (χ4n) is 4.44.